The number of hydrogen-bond acceptors (Lipinski definition) is 4. The Morgan fingerprint density at radius 2 is 2.05 bits per heavy atom. The van der Waals surface area contributed by atoms with Crippen molar-refractivity contribution in [2.45, 2.75) is 6.42 Å². The first-order valence-electron chi connectivity index (χ1n) is 6.60. The molecule has 5 heteroatoms. The summed E-state index contributed by atoms with van der Waals surface area (Å²) in [4.78, 5) is 19.3. The Morgan fingerprint density at radius 3 is 2.75 bits per heavy atom. The molecule has 0 bridgehead atoms. The molecular weight excluding hydrogens is 270 g/mol. The van der Waals surface area contributed by atoms with Crippen molar-refractivity contribution in [2.24, 2.45) is 0 Å². The van der Waals surface area contributed by atoms with Crippen molar-refractivity contribution < 1.29 is 4.79 Å². The van der Waals surface area contributed by atoms with Crippen LogP contribution in [0.15, 0.2) is 35.8 Å². The third-order valence-corrected chi connectivity index (χ3v) is 3.71. The second-order valence-corrected chi connectivity index (χ2v) is 5.66. The Kier molecular flexibility index (Phi) is 5.26. The summed E-state index contributed by atoms with van der Waals surface area (Å²) in [7, 11) is 4.05. The van der Waals surface area contributed by atoms with E-state index >= 15 is 0 Å². The third kappa shape index (κ3) is 3.88. The highest BCUT2D eigenvalue weighted by atomic mass is 32.1. The minimum Gasteiger partial charge on any atom is -0.351 e. The Labute approximate surface area is 123 Å². The van der Waals surface area contributed by atoms with Gasteiger partial charge in [0.05, 0.1) is 11.2 Å². The quantitative estimate of drug-likeness (QED) is 0.831. The van der Waals surface area contributed by atoms with E-state index in [1.807, 2.05) is 44.4 Å². The maximum absolute atomic E-state index is 12.2. The van der Waals surface area contributed by atoms with Gasteiger partial charge in [-0.25, -0.2) is 4.98 Å². The standard InChI is InChI=1S/C15H19N3OS/c1-18(2)10-6-9-16-15(19)14-13(17-11-20-14)12-7-4-3-5-8-12/h3-5,7-8,11H,6,9-10H2,1-2H3,(H,16,19). The van der Waals surface area contributed by atoms with Crippen molar-refractivity contribution in [3.63, 3.8) is 0 Å². The van der Waals surface area contributed by atoms with Crippen molar-refractivity contribution in [2.75, 3.05) is 27.2 Å². The number of carbonyl (C=O) groups excluding carboxylic acids is 1. The number of aromatic nitrogens is 1. The van der Waals surface area contributed by atoms with Crippen molar-refractivity contribution in [3.8, 4) is 11.3 Å². The number of thiazole rings is 1. The number of hydrogen-bond donors (Lipinski definition) is 1. The zero-order chi connectivity index (χ0) is 14.4. The number of rotatable bonds is 6. The number of benzene rings is 1. The fraction of sp³-hybridized carbons (Fsp3) is 0.333. The summed E-state index contributed by atoms with van der Waals surface area (Å²) in [5.74, 6) is -0.0369. The topological polar surface area (TPSA) is 45.2 Å². The summed E-state index contributed by atoms with van der Waals surface area (Å²) in [5, 5.41) is 2.96. The van der Waals surface area contributed by atoms with Crippen molar-refractivity contribution in [1.82, 2.24) is 15.2 Å². The van der Waals surface area contributed by atoms with Gasteiger partial charge in [-0.3, -0.25) is 4.79 Å². The van der Waals surface area contributed by atoms with Crippen LogP contribution in [0.3, 0.4) is 0 Å². The van der Waals surface area contributed by atoms with Gasteiger partial charge in [-0.05, 0) is 27.1 Å². The van der Waals surface area contributed by atoms with E-state index in [4.69, 9.17) is 0 Å². The fourth-order valence-electron chi connectivity index (χ4n) is 1.89. The smallest absolute Gasteiger partial charge is 0.263 e. The van der Waals surface area contributed by atoms with Crippen LogP contribution >= 0.6 is 11.3 Å². The van der Waals surface area contributed by atoms with Crippen LogP contribution < -0.4 is 5.32 Å². The molecule has 4 nitrogen and oxygen atoms in total. The van der Waals surface area contributed by atoms with E-state index in [9.17, 15) is 4.79 Å². The number of amides is 1. The molecule has 0 saturated carbocycles. The largest absolute Gasteiger partial charge is 0.351 e. The second kappa shape index (κ2) is 7.17. The van der Waals surface area contributed by atoms with Crippen molar-refractivity contribution >= 4 is 17.2 Å². The molecule has 2 aromatic rings. The Bertz CT molecular complexity index is 551. The second-order valence-electron chi connectivity index (χ2n) is 4.81. The first-order chi connectivity index (χ1) is 9.68. The normalized spacial score (nSPS) is 10.8. The molecule has 0 spiro atoms. The van der Waals surface area contributed by atoms with Crippen LogP contribution in [0.1, 0.15) is 16.1 Å². The van der Waals surface area contributed by atoms with Gasteiger partial charge in [-0.1, -0.05) is 30.3 Å². The van der Waals surface area contributed by atoms with Gasteiger partial charge in [0.2, 0.25) is 0 Å². The lowest BCUT2D eigenvalue weighted by Crippen LogP contribution is -2.26. The van der Waals surface area contributed by atoms with E-state index in [0.717, 1.165) is 24.2 Å². The van der Waals surface area contributed by atoms with Gasteiger partial charge in [0.25, 0.3) is 5.91 Å². The van der Waals surface area contributed by atoms with E-state index in [1.165, 1.54) is 11.3 Å². The summed E-state index contributed by atoms with van der Waals surface area (Å²) in [5.41, 5.74) is 3.46. The number of nitrogens with one attached hydrogen (secondary N) is 1. The highest BCUT2D eigenvalue weighted by molar-refractivity contribution is 7.12. The van der Waals surface area contributed by atoms with E-state index in [2.05, 4.69) is 15.2 Å². The van der Waals surface area contributed by atoms with Crippen LogP contribution in [0.2, 0.25) is 0 Å². The van der Waals surface area contributed by atoms with E-state index in [0.29, 0.717) is 11.4 Å². The maximum Gasteiger partial charge on any atom is 0.263 e. The molecule has 0 fully saturated rings. The molecule has 0 atom stereocenters. The van der Waals surface area contributed by atoms with Gasteiger partial charge < -0.3 is 10.2 Å². The zero-order valence-corrected chi connectivity index (χ0v) is 12.6. The zero-order valence-electron chi connectivity index (χ0n) is 11.8. The van der Waals surface area contributed by atoms with Gasteiger partial charge in [0.15, 0.2) is 0 Å². The molecule has 1 amide bonds. The molecule has 1 aromatic heterocycles. The number of carbonyl (C=O) groups is 1. The molecule has 0 aliphatic rings. The van der Waals surface area contributed by atoms with E-state index in [-0.39, 0.29) is 5.91 Å². The summed E-state index contributed by atoms with van der Waals surface area (Å²) in [6.45, 7) is 1.65. The summed E-state index contributed by atoms with van der Waals surface area (Å²) < 4.78 is 0. The van der Waals surface area contributed by atoms with Gasteiger partial charge in [0.1, 0.15) is 4.88 Å². The van der Waals surface area contributed by atoms with Gasteiger partial charge >= 0.3 is 0 Å². The molecule has 106 valence electrons. The molecular formula is C15H19N3OS. The molecule has 1 N–H and O–H groups in total. The first-order valence-corrected chi connectivity index (χ1v) is 7.48. The molecule has 0 saturated heterocycles. The lowest BCUT2D eigenvalue weighted by molar-refractivity contribution is 0.0957. The van der Waals surface area contributed by atoms with Crippen LogP contribution in [0, 0.1) is 0 Å². The minimum atomic E-state index is -0.0369. The predicted octanol–water partition coefficient (Wildman–Crippen LogP) is 2.49. The minimum absolute atomic E-state index is 0.0369. The molecule has 2 rings (SSSR count). The Morgan fingerprint density at radius 1 is 1.30 bits per heavy atom. The molecule has 0 aliphatic heterocycles. The number of nitrogens with zero attached hydrogens (tertiary/aromatic N) is 2. The predicted molar refractivity (Wildman–Crippen MR) is 83.1 cm³/mol. The molecule has 20 heavy (non-hydrogen) atoms. The SMILES string of the molecule is CN(C)CCCNC(=O)c1scnc1-c1ccccc1. The molecule has 1 heterocycles. The monoisotopic (exact) mass is 289 g/mol. The summed E-state index contributed by atoms with van der Waals surface area (Å²) >= 11 is 1.38. The lowest BCUT2D eigenvalue weighted by Gasteiger charge is -2.09. The van der Waals surface area contributed by atoms with Crippen molar-refractivity contribution in [1.29, 1.82) is 0 Å². The highest BCUT2D eigenvalue weighted by Crippen LogP contribution is 2.24. The van der Waals surface area contributed by atoms with Crippen LogP contribution in [-0.2, 0) is 0 Å². The molecule has 0 unspecified atom stereocenters. The Balaban J connectivity index is 1.99. The average molecular weight is 289 g/mol. The van der Waals surface area contributed by atoms with Crippen LogP contribution in [0.25, 0.3) is 11.3 Å². The van der Waals surface area contributed by atoms with Gasteiger partial charge in [-0.2, -0.15) is 0 Å². The molecule has 0 radical (unpaired) electrons. The van der Waals surface area contributed by atoms with Gasteiger partial charge in [0, 0.05) is 12.1 Å². The Hall–Kier alpha value is -1.72. The highest BCUT2D eigenvalue weighted by Gasteiger charge is 2.15. The van der Waals surface area contributed by atoms with Crippen molar-refractivity contribution in [3.05, 3.63) is 40.7 Å². The molecule has 0 aliphatic carbocycles. The maximum atomic E-state index is 12.2. The lowest BCUT2D eigenvalue weighted by atomic mass is 10.1. The average Bonchev–Trinajstić information content (AvgIpc) is 2.93. The van der Waals surface area contributed by atoms with Crippen LogP contribution in [0.5, 0.6) is 0 Å². The van der Waals surface area contributed by atoms with Crippen LogP contribution in [-0.4, -0.2) is 43.0 Å². The fourth-order valence-corrected chi connectivity index (χ4v) is 2.61. The van der Waals surface area contributed by atoms with Crippen LogP contribution in [0.4, 0.5) is 0 Å². The van der Waals surface area contributed by atoms with Gasteiger partial charge in [-0.15, -0.1) is 11.3 Å². The first kappa shape index (κ1) is 14.7. The summed E-state index contributed by atoms with van der Waals surface area (Å²) in [6.07, 6.45) is 0.943. The van der Waals surface area contributed by atoms with E-state index in [1.54, 1.807) is 5.51 Å². The third-order valence-electron chi connectivity index (χ3n) is 2.89. The summed E-state index contributed by atoms with van der Waals surface area (Å²) in [6, 6.07) is 9.80. The van der Waals surface area contributed by atoms with E-state index < -0.39 is 0 Å². The molecule has 1 aromatic carbocycles.